The van der Waals surface area contributed by atoms with Gasteiger partial charge >= 0.3 is 5.92 Å². The van der Waals surface area contributed by atoms with Gasteiger partial charge in [0.15, 0.2) is 5.82 Å². The molecule has 4 heteroatoms. The van der Waals surface area contributed by atoms with Crippen molar-refractivity contribution in [1.29, 1.82) is 0 Å². The van der Waals surface area contributed by atoms with Gasteiger partial charge in [-0.05, 0) is 5.56 Å². The minimum atomic E-state index is -2.91. The van der Waals surface area contributed by atoms with Gasteiger partial charge in [0.2, 0.25) is 0 Å². The van der Waals surface area contributed by atoms with Crippen LogP contribution < -0.4 is 0 Å². The summed E-state index contributed by atoms with van der Waals surface area (Å²) < 4.78 is 27.7. The van der Waals surface area contributed by atoms with Crippen molar-refractivity contribution >= 4 is 0 Å². The summed E-state index contributed by atoms with van der Waals surface area (Å²) in [6.07, 6.45) is 1.47. The van der Waals surface area contributed by atoms with Crippen LogP contribution in [0.5, 0.6) is 0 Å². The Morgan fingerprint density at radius 1 is 1.19 bits per heavy atom. The van der Waals surface area contributed by atoms with Crippen LogP contribution in [0.2, 0.25) is 0 Å². The number of benzene rings is 1. The zero-order chi connectivity index (χ0) is 11.8. The molecule has 0 spiro atoms. The summed E-state index contributed by atoms with van der Waals surface area (Å²) >= 11 is 0. The SMILES string of the molecule is Cn1c(-c2ccccc2)cnc1C(C)(F)F. The van der Waals surface area contributed by atoms with E-state index >= 15 is 0 Å². The second kappa shape index (κ2) is 3.70. The lowest BCUT2D eigenvalue weighted by Crippen LogP contribution is -2.14. The van der Waals surface area contributed by atoms with Crippen LogP contribution in [0.15, 0.2) is 36.5 Å². The second-order valence-electron chi connectivity index (χ2n) is 3.78. The Kier molecular flexibility index (Phi) is 2.50. The first kappa shape index (κ1) is 10.8. The third-order valence-corrected chi connectivity index (χ3v) is 2.45. The topological polar surface area (TPSA) is 17.8 Å². The molecule has 1 aromatic carbocycles. The Labute approximate surface area is 92.6 Å². The summed E-state index contributed by atoms with van der Waals surface area (Å²) in [4.78, 5) is 3.78. The molecule has 0 saturated carbocycles. The highest BCUT2D eigenvalue weighted by atomic mass is 19.3. The molecule has 0 saturated heterocycles. The van der Waals surface area contributed by atoms with Crippen molar-refractivity contribution in [2.45, 2.75) is 12.8 Å². The Balaban J connectivity index is 2.50. The summed E-state index contributed by atoms with van der Waals surface area (Å²) in [6, 6.07) is 9.36. The number of imidazole rings is 1. The van der Waals surface area contributed by atoms with E-state index in [9.17, 15) is 8.78 Å². The summed E-state index contributed by atoms with van der Waals surface area (Å²) in [5.74, 6) is -3.13. The van der Waals surface area contributed by atoms with Gasteiger partial charge < -0.3 is 4.57 Å². The highest BCUT2D eigenvalue weighted by Gasteiger charge is 2.30. The molecule has 0 amide bonds. The number of rotatable bonds is 2. The third-order valence-electron chi connectivity index (χ3n) is 2.45. The summed E-state index contributed by atoms with van der Waals surface area (Å²) in [6.45, 7) is 0.851. The van der Waals surface area contributed by atoms with Crippen LogP contribution >= 0.6 is 0 Å². The standard InChI is InChI=1S/C12H12F2N2/c1-12(13,14)11-15-8-10(16(11)2)9-6-4-3-5-7-9/h3-8H,1-2H3. The smallest absolute Gasteiger partial charge is 0.302 e. The second-order valence-corrected chi connectivity index (χ2v) is 3.78. The fourth-order valence-electron chi connectivity index (χ4n) is 1.69. The molecule has 1 aromatic heterocycles. The molecular formula is C12H12F2N2. The van der Waals surface area contributed by atoms with Crippen LogP contribution in [0.4, 0.5) is 8.78 Å². The number of aromatic nitrogens is 2. The van der Waals surface area contributed by atoms with Crippen LogP contribution in [0, 0.1) is 0 Å². The van der Waals surface area contributed by atoms with Crippen LogP contribution in [0.25, 0.3) is 11.3 Å². The molecule has 0 aliphatic carbocycles. The number of hydrogen-bond donors (Lipinski definition) is 0. The van der Waals surface area contributed by atoms with E-state index in [0.717, 1.165) is 12.5 Å². The highest BCUT2D eigenvalue weighted by Crippen LogP contribution is 2.29. The van der Waals surface area contributed by atoms with E-state index in [0.29, 0.717) is 5.69 Å². The quantitative estimate of drug-likeness (QED) is 0.763. The van der Waals surface area contributed by atoms with Gasteiger partial charge in [0, 0.05) is 14.0 Å². The lowest BCUT2D eigenvalue weighted by molar-refractivity contribution is 0.00515. The molecule has 0 bridgehead atoms. The lowest BCUT2D eigenvalue weighted by Gasteiger charge is -2.11. The molecule has 84 valence electrons. The molecule has 0 fully saturated rings. The Morgan fingerprint density at radius 3 is 2.31 bits per heavy atom. The molecule has 2 nitrogen and oxygen atoms in total. The molecule has 16 heavy (non-hydrogen) atoms. The van der Waals surface area contributed by atoms with E-state index in [1.807, 2.05) is 30.3 Å². The van der Waals surface area contributed by atoms with Crippen molar-refractivity contribution < 1.29 is 8.78 Å². The molecule has 0 atom stereocenters. The van der Waals surface area contributed by atoms with Gasteiger partial charge in [0.1, 0.15) is 0 Å². The molecule has 0 radical (unpaired) electrons. The highest BCUT2D eigenvalue weighted by molar-refractivity contribution is 5.59. The molecular weight excluding hydrogens is 210 g/mol. The molecule has 2 rings (SSSR count). The van der Waals surface area contributed by atoms with Crippen molar-refractivity contribution in [2.75, 3.05) is 0 Å². The molecule has 2 aromatic rings. The van der Waals surface area contributed by atoms with E-state index in [2.05, 4.69) is 4.98 Å². The van der Waals surface area contributed by atoms with Crippen molar-refractivity contribution in [3.63, 3.8) is 0 Å². The van der Waals surface area contributed by atoms with E-state index in [1.165, 1.54) is 10.8 Å². The van der Waals surface area contributed by atoms with Gasteiger partial charge in [-0.2, -0.15) is 8.78 Å². The van der Waals surface area contributed by atoms with Crippen LogP contribution in [0.1, 0.15) is 12.7 Å². The summed E-state index contributed by atoms with van der Waals surface area (Å²) in [5, 5.41) is 0. The zero-order valence-corrected chi connectivity index (χ0v) is 9.11. The predicted octanol–water partition coefficient (Wildman–Crippen LogP) is 3.20. The van der Waals surface area contributed by atoms with Crippen molar-refractivity contribution in [1.82, 2.24) is 9.55 Å². The van der Waals surface area contributed by atoms with Gasteiger partial charge in [-0.3, -0.25) is 0 Å². The Morgan fingerprint density at radius 2 is 1.81 bits per heavy atom. The van der Waals surface area contributed by atoms with E-state index in [-0.39, 0.29) is 5.82 Å². The van der Waals surface area contributed by atoms with E-state index in [4.69, 9.17) is 0 Å². The van der Waals surface area contributed by atoms with Crippen molar-refractivity contribution in [3.8, 4) is 11.3 Å². The third kappa shape index (κ3) is 1.83. The summed E-state index contributed by atoms with van der Waals surface area (Å²) in [5.41, 5.74) is 1.57. The normalized spacial score (nSPS) is 11.8. The molecule has 1 heterocycles. The number of alkyl halides is 2. The predicted molar refractivity (Wildman–Crippen MR) is 58.2 cm³/mol. The van der Waals surface area contributed by atoms with Crippen molar-refractivity contribution in [3.05, 3.63) is 42.4 Å². The molecule has 0 aliphatic heterocycles. The maximum atomic E-state index is 13.2. The minimum absolute atomic E-state index is 0.216. The van der Waals surface area contributed by atoms with E-state index < -0.39 is 5.92 Å². The summed E-state index contributed by atoms with van der Waals surface area (Å²) in [7, 11) is 1.60. The number of hydrogen-bond acceptors (Lipinski definition) is 1. The molecule has 0 N–H and O–H groups in total. The Hall–Kier alpha value is -1.71. The van der Waals surface area contributed by atoms with Crippen LogP contribution in [0.3, 0.4) is 0 Å². The van der Waals surface area contributed by atoms with Crippen LogP contribution in [-0.2, 0) is 13.0 Å². The maximum Gasteiger partial charge on any atom is 0.302 e. The largest absolute Gasteiger partial charge is 0.326 e. The fraction of sp³-hybridized carbons (Fsp3) is 0.250. The monoisotopic (exact) mass is 222 g/mol. The number of halogens is 2. The van der Waals surface area contributed by atoms with Crippen molar-refractivity contribution in [2.24, 2.45) is 7.05 Å². The Bertz CT molecular complexity index is 483. The average Bonchev–Trinajstić information content (AvgIpc) is 2.61. The van der Waals surface area contributed by atoms with E-state index in [1.54, 1.807) is 7.05 Å². The minimum Gasteiger partial charge on any atom is -0.326 e. The zero-order valence-electron chi connectivity index (χ0n) is 9.11. The maximum absolute atomic E-state index is 13.2. The van der Waals surface area contributed by atoms with Gasteiger partial charge in [-0.1, -0.05) is 30.3 Å². The molecule has 0 aliphatic rings. The average molecular weight is 222 g/mol. The first-order valence-corrected chi connectivity index (χ1v) is 4.95. The molecule has 0 unspecified atom stereocenters. The van der Waals surface area contributed by atoms with Crippen LogP contribution in [-0.4, -0.2) is 9.55 Å². The van der Waals surface area contributed by atoms with Gasteiger partial charge in [-0.25, -0.2) is 4.98 Å². The lowest BCUT2D eigenvalue weighted by atomic mass is 10.2. The van der Waals surface area contributed by atoms with Gasteiger partial charge in [-0.15, -0.1) is 0 Å². The fourth-order valence-corrected chi connectivity index (χ4v) is 1.69. The van der Waals surface area contributed by atoms with Gasteiger partial charge in [0.05, 0.1) is 11.9 Å². The first-order valence-electron chi connectivity index (χ1n) is 4.95. The first-order chi connectivity index (χ1) is 7.50. The van der Waals surface area contributed by atoms with Gasteiger partial charge in [0.25, 0.3) is 0 Å². The number of nitrogens with zero attached hydrogens (tertiary/aromatic N) is 2.